The number of ether oxygens (including phenoxy) is 1. The van der Waals surface area contributed by atoms with Gasteiger partial charge in [0, 0.05) is 11.4 Å². The molecule has 1 aromatic heterocycles. The maximum absolute atomic E-state index is 12.6. The van der Waals surface area contributed by atoms with Crippen LogP contribution in [0.3, 0.4) is 0 Å². The summed E-state index contributed by atoms with van der Waals surface area (Å²) in [5, 5.41) is 7.70. The first kappa shape index (κ1) is 19.5. The Morgan fingerprint density at radius 2 is 1.83 bits per heavy atom. The summed E-state index contributed by atoms with van der Waals surface area (Å²) in [6, 6.07) is 3.95. The molecule has 0 fully saturated rings. The van der Waals surface area contributed by atoms with Crippen molar-refractivity contribution in [2.24, 2.45) is 5.41 Å². The van der Waals surface area contributed by atoms with Crippen molar-refractivity contribution < 1.29 is 14.3 Å². The van der Waals surface area contributed by atoms with E-state index in [1.165, 1.54) is 0 Å². The van der Waals surface area contributed by atoms with Gasteiger partial charge in [0.15, 0.2) is 0 Å². The molecule has 6 heteroatoms. The van der Waals surface area contributed by atoms with Crippen LogP contribution in [0, 0.1) is 5.41 Å². The topological polar surface area (TPSA) is 67.4 Å². The van der Waals surface area contributed by atoms with Gasteiger partial charge in [-0.3, -0.25) is 4.79 Å². The second-order valence-corrected chi connectivity index (χ2v) is 7.64. The Kier molecular flexibility index (Phi) is 7.06. The molecule has 5 nitrogen and oxygen atoms in total. The molecule has 0 unspecified atom stereocenters. The quantitative estimate of drug-likeness (QED) is 0.795. The Morgan fingerprint density at radius 3 is 2.30 bits per heavy atom. The van der Waals surface area contributed by atoms with E-state index in [2.05, 4.69) is 10.6 Å². The number of carbonyl (C=O) groups is 2. The summed E-state index contributed by atoms with van der Waals surface area (Å²) in [7, 11) is 0. The predicted molar refractivity (Wildman–Crippen MR) is 93.4 cm³/mol. The molecular weight excluding hydrogens is 312 g/mol. The zero-order chi connectivity index (χ0) is 17.5. The van der Waals surface area contributed by atoms with Crippen LogP contribution in [-0.4, -0.2) is 24.1 Å². The number of rotatable bonds is 7. The van der Waals surface area contributed by atoms with Gasteiger partial charge < -0.3 is 15.4 Å². The van der Waals surface area contributed by atoms with Crippen LogP contribution in [0.2, 0.25) is 0 Å². The van der Waals surface area contributed by atoms with Crippen LogP contribution in [0.15, 0.2) is 17.5 Å². The van der Waals surface area contributed by atoms with E-state index in [0.717, 1.165) is 4.88 Å². The fourth-order valence-corrected chi connectivity index (χ4v) is 2.87. The minimum atomic E-state index is -0.617. The van der Waals surface area contributed by atoms with E-state index in [0.29, 0.717) is 19.4 Å². The zero-order valence-electron chi connectivity index (χ0n) is 14.7. The highest BCUT2D eigenvalue weighted by atomic mass is 32.1. The van der Waals surface area contributed by atoms with Gasteiger partial charge in [0.05, 0.1) is 12.0 Å². The summed E-state index contributed by atoms with van der Waals surface area (Å²) in [6.45, 7) is 10.2. The lowest BCUT2D eigenvalue weighted by Gasteiger charge is -2.31. The molecule has 0 spiro atoms. The smallest absolute Gasteiger partial charge is 0.407 e. The van der Waals surface area contributed by atoms with Crippen LogP contribution in [0.4, 0.5) is 4.79 Å². The molecule has 2 N–H and O–H groups in total. The Labute approximate surface area is 142 Å². The molecule has 23 heavy (non-hydrogen) atoms. The van der Waals surface area contributed by atoms with Crippen LogP contribution < -0.4 is 10.6 Å². The molecule has 1 heterocycles. The van der Waals surface area contributed by atoms with Crippen molar-refractivity contribution in [3.05, 3.63) is 22.4 Å². The highest BCUT2D eigenvalue weighted by Crippen LogP contribution is 2.26. The molecule has 1 rings (SSSR count). The molecule has 0 aromatic carbocycles. The van der Waals surface area contributed by atoms with Gasteiger partial charge in [-0.1, -0.05) is 19.9 Å². The maximum Gasteiger partial charge on any atom is 0.407 e. The number of hydrogen-bond donors (Lipinski definition) is 2. The first-order valence-corrected chi connectivity index (χ1v) is 8.88. The van der Waals surface area contributed by atoms with Gasteiger partial charge in [-0.05, 0) is 45.1 Å². The summed E-state index contributed by atoms with van der Waals surface area (Å²) in [5.41, 5.74) is -1.17. The molecule has 0 atom stereocenters. The van der Waals surface area contributed by atoms with Crippen LogP contribution in [0.25, 0.3) is 0 Å². The summed E-state index contributed by atoms with van der Waals surface area (Å²) in [5.74, 6) is -0.0352. The van der Waals surface area contributed by atoms with E-state index in [1.54, 1.807) is 11.3 Å². The molecule has 0 radical (unpaired) electrons. The lowest BCUT2D eigenvalue weighted by Crippen LogP contribution is -2.48. The highest BCUT2D eigenvalue weighted by Gasteiger charge is 2.35. The predicted octanol–water partition coefficient (Wildman–Crippen LogP) is 3.70. The van der Waals surface area contributed by atoms with Crippen molar-refractivity contribution in [1.82, 2.24) is 10.6 Å². The van der Waals surface area contributed by atoms with Crippen molar-refractivity contribution in [2.45, 2.75) is 59.6 Å². The van der Waals surface area contributed by atoms with Gasteiger partial charge in [-0.2, -0.15) is 0 Å². The first-order chi connectivity index (χ1) is 10.7. The summed E-state index contributed by atoms with van der Waals surface area (Å²) >= 11 is 1.61. The Morgan fingerprint density at radius 1 is 1.17 bits per heavy atom. The average molecular weight is 340 g/mol. The molecule has 0 saturated heterocycles. The lowest BCUT2D eigenvalue weighted by atomic mass is 9.81. The van der Waals surface area contributed by atoms with Gasteiger partial charge >= 0.3 is 6.09 Å². The molecule has 0 saturated carbocycles. The van der Waals surface area contributed by atoms with Gasteiger partial charge in [-0.15, -0.1) is 11.3 Å². The second kappa shape index (κ2) is 8.34. The number of alkyl carbamates (subject to hydrolysis) is 1. The van der Waals surface area contributed by atoms with E-state index < -0.39 is 17.1 Å². The molecule has 1 aromatic rings. The second-order valence-electron chi connectivity index (χ2n) is 6.60. The van der Waals surface area contributed by atoms with Crippen LogP contribution in [0.5, 0.6) is 0 Å². The standard InChI is InChI=1S/C17H28N2O3S/c1-6-17(7-2,12-19-15(21)22-16(3,4)5)14(20)18-11-13-9-8-10-23-13/h8-10H,6-7,11-12H2,1-5H3,(H,18,20)(H,19,21). The first-order valence-electron chi connectivity index (χ1n) is 8.00. The number of thiophene rings is 1. The monoisotopic (exact) mass is 340 g/mol. The third-order valence-electron chi connectivity index (χ3n) is 3.81. The van der Waals surface area contributed by atoms with Crippen molar-refractivity contribution >= 4 is 23.3 Å². The van der Waals surface area contributed by atoms with Gasteiger partial charge in [0.1, 0.15) is 5.60 Å². The summed E-state index contributed by atoms with van der Waals surface area (Å²) < 4.78 is 5.24. The number of carbonyl (C=O) groups excluding carboxylic acids is 2. The minimum absolute atomic E-state index is 0.0352. The Hall–Kier alpha value is -1.56. The van der Waals surface area contributed by atoms with Crippen molar-refractivity contribution in [2.75, 3.05) is 6.54 Å². The molecule has 130 valence electrons. The molecule has 0 aliphatic heterocycles. The Balaban J connectivity index is 2.62. The van der Waals surface area contributed by atoms with Crippen LogP contribution >= 0.6 is 11.3 Å². The maximum atomic E-state index is 12.6. The van der Waals surface area contributed by atoms with E-state index in [-0.39, 0.29) is 12.5 Å². The van der Waals surface area contributed by atoms with E-state index in [9.17, 15) is 9.59 Å². The van der Waals surface area contributed by atoms with Crippen LogP contribution in [-0.2, 0) is 16.1 Å². The molecule has 2 amide bonds. The fraction of sp³-hybridized carbons (Fsp3) is 0.647. The van der Waals surface area contributed by atoms with Crippen molar-refractivity contribution in [1.29, 1.82) is 0 Å². The summed E-state index contributed by atoms with van der Waals surface area (Å²) in [6.07, 6.45) is 0.806. The molecule has 0 aliphatic carbocycles. The largest absolute Gasteiger partial charge is 0.444 e. The zero-order valence-corrected chi connectivity index (χ0v) is 15.5. The van der Waals surface area contributed by atoms with E-state index in [4.69, 9.17) is 4.74 Å². The third kappa shape index (κ3) is 6.22. The third-order valence-corrected chi connectivity index (χ3v) is 4.68. The fourth-order valence-electron chi connectivity index (χ4n) is 2.22. The van der Waals surface area contributed by atoms with Crippen LogP contribution in [0.1, 0.15) is 52.3 Å². The minimum Gasteiger partial charge on any atom is -0.444 e. The average Bonchev–Trinajstić information content (AvgIpc) is 2.98. The van der Waals surface area contributed by atoms with Gasteiger partial charge in [-0.25, -0.2) is 4.79 Å². The van der Waals surface area contributed by atoms with Gasteiger partial charge in [0.25, 0.3) is 0 Å². The highest BCUT2D eigenvalue weighted by molar-refractivity contribution is 7.09. The van der Waals surface area contributed by atoms with Crippen molar-refractivity contribution in [3.63, 3.8) is 0 Å². The summed E-state index contributed by atoms with van der Waals surface area (Å²) in [4.78, 5) is 25.6. The Bertz CT molecular complexity index is 502. The number of amides is 2. The SMILES string of the molecule is CCC(CC)(CNC(=O)OC(C)(C)C)C(=O)NCc1cccs1. The molecule has 0 aliphatic rings. The van der Waals surface area contributed by atoms with E-state index >= 15 is 0 Å². The lowest BCUT2D eigenvalue weighted by molar-refractivity contribution is -0.131. The molecular formula is C17H28N2O3S. The van der Waals surface area contributed by atoms with Crippen molar-refractivity contribution in [3.8, 4) is 0 Å². The normalized spacial score (nSPS) is 11.9. The van der Waals surface area contributed by atoms with Gasteiger partial charge in [0.2, 0.25) is 5.91 Å². The number of nitrogens with one attached hydrogen (secondary N) is 2. The number of hydrogen-bond acceptors (Lipinski definition) is 4. The van der Waals surface area contributed by atoms with E-state index in [1.807, 2.05) is 52.1 Å². The molecule has 0 bridgehead atoms.